The van der Waals surface area contributed by atoms with Crippen molar-refractivity contribution in [2.24, 2.45) is 5.73 Å². The van der Waals surface area contributed by atoms with E-state index in [1.54, 1.807) is 12.1 Å². The molecule has 0 bridgehead atoms. The van der Waals surface area contributed by atoms with Gasteiger partial charge in [-0.15, -0.1) is 10.2 Å². The predicted octanol–water partition coefficient (Wildman–Crippen LogP) is 1.53. The molecule has 0 unspecified atom stereocenters. The highest BCUT2D eigenvalue weighted by Gasteiger charge is 2.11. The van der Waals surface area contributed by atoms with Gasteiger partial charge in [0.1, 0.15) is 11.6 Å². The highest BCUT2D eigenvalue weighted by atomic mass is 19.1. The number of halogens is 2. The van der Waals surface area contributed by atoms with Gasteiger partial charge in [-0.1, -0.05) is 0 Å². The monoisotopic (exact) mass is 261 g/mol. The molecule has 0 saturated carbocycles. The number of nitrogens with two attached hydrogens (primary N) is 1. The molecule has 19 heavy (non-hydrogen) atoms. The third kappa shape index (κ3) is 1.93. The van der Waals surface area contributed by atoms with Crippen LogP contribution in [0.15, 0.2) is 30.3 Å². The molecule has 96 valence electrons. The van der Waals surface area contributed by atoms with Gasteiger partial charge >= 0.3 is 0 Å². The van der Waals surface area contributed by atoms with Gasteiger partial charge in [0.05, 0.1) is 12.2 Å². The van der Waals surface area contributed by atoms with Crippen LogP contribution in [0.2, 0.25) is 0 Å². The summed E-state index contributed by atoms with van der Waals surface area (Å²) in [5.41, 5.74) is 6.60. The molecule has 0 amide bonds. The van der Waals surface area contributed by atoms with Gasteiger partial charge in [-0.05, 0) is 24.3 Å². The topological polar surface area (TPSA) is 69.1 Å². The van der Waals surface area contributed by atoms with E-state index >= 15 is 0 Å². The Labute approximate surface area is 106 Å². The fourth-order valence-corrected chi connectivity index (χ4v) is 1.80. The number of aromatic nitrogens is 4. The molecule has 7 heteroatoms. The van der Waals surface area contributed by atoms with Crippen molar-refractivity contribution in [3.05, 3.63) is 47.8 Å². The largest absolute Gasteiger partial charge is 0.324 e. The Morgan fingerprint density at radius 3 is 2.68 bits per heavy atom. The van der Waals surface area contributed by atoms with Crippen LogP contribution < -0.4 is 5.73 Å². The Hall–Kier alpha value is -2.41. The van der Waals surface area contributed by atoms with E-state index in [1.165, 1.54) is 16.6 Å². The molecular weight excluding hydrogens is 252 g/mol. The highest BCUT2D eigenvalue weighted by molar-refractivity contribution is 5.60. The van der Waals surface area contributed by atoms with Crippen molar-refractivity contribution in [2.45, 2.75) is 6.54 Å². The molecule has 0 fully saturated rings. The maximum Gasteiger partial charge on any atom is 0.177 e. The molecule has 0 saturated heterocycles. The molecule has 3 aromatic rings. The summed E-state index contributed by atoms with van der Waals surface area (Å²) in [4.78, 5) is 0. The predicted molar refractivity (Wildman–Crippen MR) is 64.0 cm³/mol. The summed E-state index contributed by atoms with van der Waals surface area (Å²) < 4.78 is 28.0. The maximum atomic E-state index is 13.7. The summed E-state index contributed by atoms with van der Waals surface area (Å²) in [5.74, 6) is -0.831. The van der Waals surface area contributed by atoms with Gasteiger partial charge in [-0.25, -0.2) is 8.78 Å². The Morgan fingerprint density at radius 2 is 1.95 bits per heavy atom. The van der Waals surface area contributed by atoms with Crippen LogP contribution in [-0.4, -0.2) is 19.8 Å². The average Bonchev–Trinajstić information content (AvgIpc) is 2.80. The lowest BCUT2D eigenvalue weighted by Gasteiger charge is -2.03. The fraction of sp³-hybridized carbons (Fsp3) is 0.0833. The van der Waals surface area contributed by atoms with Crippen molar-refractivity contribution >= 4 is 5.65 Å². The van der Waals surface area contributed by atoms with E-state index < -0.39 is 11.6 Å². The first kappa shape index (κ1) is 11.7. The van der Waals surface area contributed by atoms with E-state index in [1.807, 2.05) is 0 Å². The van der Waals surface area contributed by atoms with Crippen molar-refractivity contribution in [1.82, 2.24) is 19.8 Å². The van der Waals surface area contributed by atoms with Crippen LogP contribution in [0.1, 0.15) is 5.82 Å². The molecule has 0 radical (unpaired) electrons. The van der Waals surface area contributed by atoms with E-state index in [-0.39, 0.29) is 12.1 Å². The molecule has 0 aliphatic rings. The third-order valence-electron chi connectivity index (χ3n) is 2.72. The number of hydrogen-bond acceptors (Lipinski definition) is 4. The zero-order chi connectivity index (χ0) is 13.4. The van der Waals surface area contributed by atoms with Gasteiger partial charge in [0, 0.05) is 11.6 Å². The molecule has 0 spiro atoms. The summed E-state index contributed by atoms with van der Waals surface area (Å²) >= 11 is 0. The zero-order valence-electron chi connectivity index (χ0n) is 9.72. The summed E-state index contributed by atoms with van der Waals surface area (Å²) in [6, 6.07) is 6.58. The van der Waals surface area contributed by atoms with E-state index in [0.717, 1.165) is 6.07 Å². The highest BCUT2D eigenvalue weighted by Crippen LogP contribution is 2.21. The molecule has 2 aromatic heterocycles. The van der Waals surface area contributed by atoms with Crippen molar-refractivity contribution in [1.29, 1.82) is 0 Å². The second-order valence-electron chi connectivity index (χ2n) is 3.93. The quantitative estimate of drug-likeness (QED) is 0.759. The lowest BCUT2D eigenvalue weighted by molar-refractivity contribution is 0.585. The van der Waals surface area contributed by atoms with E-state index in [4.69, 9.17) is 5.73 Å². The van der Waals surface area contributed by atoms with E-state index in [0.29, 0.717) is 17.2 Å². The van der Waals surface area contributed by atoms with Gasteiger partial charge in [-0.3, -0.25) is 0 Å². The molecule has 0 atom stereocenters. The SMILES string of the molecule is NCc1nnc2ccc(-c3ccc(F)cc3F)nn12. The summed E-state index contributed by atoms with van der Waals surface area (Å²) in [6.45, 7) is 0.170. The second kappa shape index (κ2) is 4.36. The van der Waals surface area contributed by atoms with Crippen molar-refractivity contribution in [3.63, 3.8) is 0 Å². The van der Waals surface area contributed by atoms with Gasteiger partial charge in [-0.2, -0.15) is 9.61 Å². The van der Waals surface area contributed by atoms with Crippen molar-refractivity contribution < 1.29 is 8.78 Å². The Morgan fingerprint density at radius 1 is 1.11 bits per heavy atom. The number of rotatable bonds is 2. The Bertz CT molecular complexity index is 753. The van der Waals surface area contributed by atoms with E-state index in [9.17, 15) is 8.78 Å². The summed E-state index contributed by atoms with van der Waals surface area (Å²) in [6.07, 6.45) is 0. The van der Waals surface area contributed by atoms with Gasteiger partial charge in [0.2, 0.25) is 0 Å². The van der Waals surface area contributed by atoms with Crippen molar-refractivity contribution in [3.8, 4) is 11.3 Å². The first-order valence-corrected chi connectivity index (χ1v) is 5.56. The van der Waals surface area contributed by atoms with Crippen LogP contribution in [0.25, 0.3) is 16.9 Å². The van der Waals surface area contributed by atoms with Gasteiger partial charge in [0.15, 0.2) is 11.5 Å². The third-order valence-corrected chi connectivity index (χ3v) is 2.72. The smallest absolute Gasteiger partial charge is 0.177 e. The van der Waals surface area contributed by atoms with Crippen molar-refractivity contribution in [2.75, 3.05) is 0 Å². The number of nitrogens with zero attached hydrogens (tertiary/aromatic N) is 4. The van der Waals surface area contributed by atoms with Crippen LogP contribution in [0.4, 0.5) is 8.78 Å². The summed E-state index contributed by atoms with van der Waals surface area (Å²) in [5, 5.41) is 12.0. The second-order valence-corrected chi connectivity index (χ2v) is 3.93. The van der Waals surface area contributed by atoms with Gasteiger partial charge < -0.3 is 5.73 Å². The van der Waals surface area contributed by atoms with Crippen LogP contribution in [0.5, 0.6) is 0 Å². The first-order valence-electron chi connectivity index (χ1n) is 5.56. The molecule has 2 N–H and O–H groups in total. The summed E-state index contributed by atoms with van der Waals surface area (Å²) in [7, 11) is 0. The zero-order valence-corrected chi connectivity index (χ0v) is 9.72. The number of fused-ring (bicyclic) bond motifs is 1. The molecular formula is C12H9F2N5. The van der Waals surface area contributed by atoms with Gasteiger partial charge in [0.25, 0.3) is 0 Å². The number of hydrogen-bond donors (Lipinski definition) is 1. The standard InChI is InChI=1S/C12H9F2N5/c13-7-1-2-8(9(14)5-7)10-3-4-11-16-17-12(6-15)19(11)18-10/h1-5H,6,15H2. The van der Waals surface area contributed by atoms with Crippen LogP contribution in [-0.2, 0) is 6.54 Å². The van der Waals surface area contributed by atoms with Crippen LogP contribution in [0, 0.1) is 11.6 Å². The minimum atomic E-state index is -0.672. The minimum absolute atomic E-state index is 0.170. The Balaban J connectivity index is 2.19. The molecule has 3 rings (SSSR count). The Kier molecular flexibility index (Phi) is 2.68. The van der Waals surface area contributed by atoms with Crippen LogP contribution in [0.3, 0.4) is 0 Å². The lowest BCUT2D eigenvalue weighted by atomic mass is 10.1. The molecule has 1 aromatic carbocycles. The molecule has 0 aliphatic heterocycles. The molecule has 5 nitrogen and oxygen atoms in total. The molecule has 0 aliphatic carbocycles. The minimum Gasteiger partial charge on any atom is -0.324 e. The average molecular weight is 261 g/mol. The first-order chi connectivity index (χ1) is 9.19. The lowest BCUT2D eigenvalue weighted by Crippen LogP contribution is -2.05. The fourth-order valence-electron chi connectivity index (χ4n) is 1.80. The normalized spacial score (nSPS) is 11.1. The number of benzene rings is 1. The van der Waals surface area contributed by atoms with Crippen LogP contribution >= 0.6 is 0 Å². The maximum absolute atomic E-state index is 13.7. The van der Waals surface area contributed by atoms with E-state index in [2.05, 4.69) is 15.3 Å². The molecule has 2 heterocycles.